The molecule has 2 unspecified atom stereocenters. The number of hydrogen-bond donors (Lipinski definition) is 1. The Morgan fingerprint density at radius 2 is 2.06 bits per heavy atom. The minimum atomic E-state index is -1.60. The number of aliphatic carboxylic acids is 1. The molecule has 0 fully saturated rings. The highest BCUT2D eigenvalue weighted by molar-refractivity contribution is 9.10. The van der Waals surface area contributed by atoms with Gasteiger partial charge in [0.05, 0.1) is 17.4 Å². The molecule has 1 N–H and O–H groups in total. The van der Waals surface area contributed by atoms with Crippen molar-refractivity contribution >= 4 is 32.7 Å². The number of halogens is 1. The molecule has 16 heavy (non-hydrogen) atoms. The third-order valence-corrected chi connectivity index (χ3v) is 4.02. The Morgan fingerprint density at radius 1 is 1.50 bits per heavy atom. The first-order valence-electron chi connectivity index (χ1n) is 4.44. The van der Waals surface area contributed by atoms with Gasteiger partial charge in [0, 0.05) is 16.5 Å². The lowest BCUT2D eigenvalue weighted by Crippen LogP contribution is -2.30. The molecule has 1 rings (SSSR count). The fourth-order valence-corrected chi connectivity index (χ4v) is 2.55. The van der Waals surface area contributed by atoms with Gasteiger partial charge in [-0.2, -0.15) is 0 Å². The van der Waals surface area contributed by atoms with E-state index in [2.05, 4.69) is 15.9 Å². The Bertz CT molecular complexity index is 390. The molecule has 88 valence electrons. The molecule has 4 nitrogen and oxygen atoms in total. The average Bonchev–Trinajstić information content (AvgIpc) is 2.25. The van der Waals surface area contributed by atoms with Crippen LogP contribution in [0.5, 0.6) is 0 Å². The zero-order chi connectivity index (χ0) is 12.1. The lowest BCUT2D eigenvalue weighted by molar-refractivity contribution is -0.137. The zero-order valence-corrected chi connectivity index (χ0v) is 11.0. The molecule has 1 aromatic carbocycles. The Balaban J connectivity index is 2.90. The molecule has 6 heteroatoms. The summed E-state index contributed by atoms with van der Waals surface area (Å²) in [6.45, 7) is -0.0714. The number of carboxylic acid groups (broad SMARTS) is 1. The summed E-state index contributed by atoms with van der Waals surface area (Å²) in [7, 11) is -0.221. The first kappa shape index (κ1) is 13.3. The van der Waals surface area contributed by atoms with Crippen molar-refractivity contribution in [1.82, 2.24) is 0 Å². The van der Waals surface area contributed by atoms with Crippen molar-refractivity contribution < 1.29 is 18.8 Å². The summed E-state index contributed by atoms with van der Waals surface area (Å²) >= 11 is 3.25. The van der Waals surface area contributed by atoms with Crippen molar-refractivity contribution in [2.24, 2.45) is 0 Å². The van der Waals surface area contributed by atoms with Crippen LogP contribution in [0.3, 0.4) is 0 Å². The molecule has 0 aliphatic heterocycles. The van der Waals surface area contributed by atoms with Gasteiger partial charge in [-0.3, -0.25) is 9.00 Å². The predicted octanol–water partition coefficient (Wildman–Crippen LogP) is 1.66. The van der Waals surface area contributed by atoms with Crippen LogP contribution in [0.2, 0.25) is 0 Å². The van der Waals surface area contributed by atoms with Gasteiger partial charge in [-0.1, -0.05) is 15.9 Å². The van der Waals surface area contributed by atoms with Gasteiger partial charge in [0.25, 0.3) is 0 Å². The maximum absolute atomic E-state index is 11.9. The topological polar surface area (TPSA) is 63.6 Å². The Hall–Kier alpha value is -0.720. The number of ether oxygens (including phenoxy) is 1. The van der Waals surface area contributed by atoms with E-state index in [4.69, 9.17) is 9.84 Å². The van der Waals surface area contributed by atoms with Crippen molar-refractivity contribution in [2.75, 3.05) is 13.7 Å². The summed E-state index contributed by atoms with van der Waals surface area (Å²) in [4.78, 5) is 11.4. The van der Waals surface area contributed by atoms with Crippen LogP contribution in [0.15, 0.2) is 33.6 Å². The molecule has 0 spiro atoms. The van der Waals surface area contributed by atoms with E-state index in [0.29, 0.717) is 4.90 Å². The first-order valence-corrected chi connectivity index (χ1v) is 6.44. The molecular weight excluding hydrogens is 296 g/mol. The second kappa shape index (κ2) is 6.12. The highest BCUT2D eigenvalue weighted by Crippen LogP contribution is 2.16. The van der Waals surface area contributed by atoms with Gasteiger partial charge in [0.1, 0.15) is 0 Å². The number of benzene rings is 1. The third kappa shape index (κ3) is 3.40. The summed E-state index contributed by atoms with van der Waals surface area (Å²) in [6.07, 6.45) is 0. The smallest absolute Gasteiger partial charge is 0.322 e. The van der Waals surface area contributed by atoms with Gasteiger partial charge in [0.15, 0.2) is 5.25 Å². The van der Waals surface area contributed by atoms with Crippen LogP contribution < -0.4 is 0 Å². The van der Waals surface area contributed by atoms with Crippen LogP contribution >= 0.6 is 15.9 Å². The fourth-order valence-electron chi connectivity index (χ4n) is 1.11. The molecular formula is C10H11BrO4S. The number of carbonyl (C=O) groups is 1. The normalized spacial score (nSPS) is 14.4. The maximum atomic E-state index is 11.9. The standard InChI is InChI=1S/C10H11BrO4S/c1-15-6-9(10(12)13)16(14)8-4-2-7(11)3-5-8/h2-5,9H,6H2,1H3,(H,12,13). The third-order valence-electron chi connectivity index (χ3n) is 1.90. The molecule has 0 aliphatic carbocycles. The van der Waals surface area contributed by atoms with Crippen LogP contribution in [-0.2, 0) is 20.3 Å². The molecule has 0 amide bonds. The van der Waals surface area contributed by atoms with Crippen molar-refractivity contribution in [3.8, 4) is 0 Å². The van der Waals surface area contributed by atoms with Gasteiger partial charge in [-0.25, -0.2) is 0 Å². The van der Waals surface area contributed by atoms with Gasteiger partial charge in [-0.15, -0.1) is 0 Å². The highest BCUT2D eigenvalue weighted by Gasteiger charge is 2.25. The fraction of sp³-hybridized carbons (Fsp3) is 0.300. The summed E-state index contributed by atoms with van der Waals surface area (Å²) in [5, 5.41) is 7.87. The molecule has 0 aliphatic rings. The van der Waals surface area contributed by atoms with Crippen LogP contribution in [0.4, 0.5) is 0 Å². The van der Waals surface area contributed by atoms with E-state index in [-0.39, 0.29) is 6.61 Å². The van der Waals surface area contributed by atoms with Crippen LogP contribution in [0.25, 0.3) is 0 Å². The molecule has 0 bridgehead atoms. The van der Waals surface area contributed by atoms with E-state index in [1.807, 2.05) is 0 Å². The van der Waals surface area contributed by atoms with E-state index >= 15 is 0 Å². The molecule has 0 radical (unpaired) electrons. The highest BCUT2D eigenvalue weighted by atomic mass is 79.9. The van der Waals surface area contributed by atoms with Gasteiger partial charge >= 0.3 is 5.97 Å². The summed E-state index contributed by atoms with van der Waals surface area (Å²) < 4.78 is 17.5. The van der Waals surface area contributed by atoms with Gasteiger partial charge < -0.3 is 9.84 Å². The minimum Gasteiger partial charge on any atom is -0.480 e. The second-order valence-electron chi connectivity index (χ2n) is 3.03. The van der Waals surface area contributed by atoms with Gasteiger partial charge in [0.2, 0.25) is 0 Å². The Labute approximate surface area is 104 Å². The van der Waals surface area contributed by atoms with E-state index < -0.39 is 22.0 Å². The second-order valence-corrected chi connectivity index (χ2v) is 5.58. The van der Waals surface area contributed by atoms with Crippen LogP contribution in [0, 0.1) is 0 Å². The predicted molar refractivity (Wildman–Crippen MR) is 63.9 cm³/mol. The maximum Gasteiger partial charge on any atom is 0.322 e. The molecule has 1 aromatic rings. The summed E-state index contributed by atoms with van der Waals surface area (Å²) in [5.41, 5.74) is 0. The van der Waals surface area contributed by atoms with Gasteiger partial charge in [-0.05, 0) is 24.3 Å². The quantitative estimate of drug-likeness (QED) is 0.898. The number of methoxy groups -OCH3 is 1. The molecule has 2 atom stereocenters. The summed E-state index contributed by atoms with van der Waals surface area (Å²) in [5.74, 6) is -1.12. The molecule has 0 heterocycles. The summed E-state index contributed by atoms with van der Waals surface area (Å²) in [6, 6.07) is 6.70. The molecule has 0 aromatic heterocycles. The Kier molecular flexibility index (Phi) is 5.11. The zero-order valence-electron chi connectivity index (χ0n) is 8.55. The average molecular weight is 307 g/mol. The SMILES string of the molecule is COCC(C(=O)O)S(=O)c1ccc(Br)cc1. The monoisotopic (exact) mass is 306 g/mol. The largest absolute Gasteiger partial charge is 0.480 e. The van der Waals surface area contributed by atoms with Crippen molar-refractivity contribution in [2.45, 2.75) is 10.1 Å². The van der Waals surface area contributed by atoms with Crippen molar-refractivity contribution in [3.63, 3.8) is 0 Å². The molecule has 0 saturated heterocycles. The Morgan fingerprint density at radius 3 is 2.50 bits per heavy atom. The van der Waals surface area contributed by atoms with E-state index in [1.54, 1.807) is 24.3 Å². The first-order chi connectivity index (χ1) is 7.56. The number of hydrogen-bond acceptors (Lipinski definition) is 3. The lowest BCUT2D eigenvalue weighted by atomic mass is 10.4. The minimum absolute atomic E-state index is 0.0714. The van der Waals surface area contributed by atoms with Crippen molar-refractivity contribution in [3.05, 3.63) is 28.7 Å². The van der Waals surface area contributed by atoms with E-state index in [9.17, 15) is 9.00 Å². The number of carboxylic acids is 1. The van der Waals surface area contributed by atoms with E-state index in [0.717, 1.165) is 4.47 Å². The van der Waals surface area contributed by atoms with E-state index in [1.165, 1.54) is 7.11 Å². The van der Waals surface area contributed by atoms with Crippen molar-refractivity contribution in [1.29, 1.82) is 0 Å². The molecule has 0 saturated carbocycles. The van der Waals surface area contributed by atoms with Crippen LogP contribution in [0.1, 0.15) is 0 Å². The number of rotatable bonds is 5. The van der Waals surface area contributed by atoms with Crippen LogP contribution in [-0.4, -0.2) is 34.3 Å². The lowest BCUT2D eigenvalue weighted by Gasteiger charge is -2.10.